The molecule has 0 atom stereocenters. The molecular weight excluding hydrogens is 298 g/mol. The largest absolute Gasteiger partial charge is 0.356 e. The van der Waals surface area contributed by atoms with E-state index in [0.29, 0.717) is 5.13 Å². The molecule has 2 amide bonds. The molecule has 5 nitrogen and oxygen atoms in total. The molecule has 0 saturated heterocycles. The summed E-state index contributed by atoms with van der Waals surface area (Å²) < 4.78 is 0. The molecule has 1 fully saturated rings. The molecule has 1 aromatic rings. The maximum absolute atomic E-state index is 12.0. The lowest BCUT2D eigenvalue weighted by molar-refractivity contribution is -0.120. The Morgan fingerprint density at radius 2 is 2.09 bits per heavy atom. The molecule has 1 aromatic heterocycles. The van der Waals surface area contributed by atoms with Crippen LogP contribution >= 0.6 is 11.3 Å². The number of hydrogen-bond donors (Lipinski definition) is 2. The van der Waals surface area contributed by atoms with Crippen LogP contribution in [-0.2, 0) is 16.0 Å². The van der Waals surface area contributed by atoms with Gasteiger partial charge < -0.3 is 10.6 Å². The average Bonchev–Trinajstić information content (AvgIpc) is 3.15. The number of amides is 2. The Morgan fingerprint density at radius 3 is 2.82 bits per heavy atom. The molecule has 0 unspecified atom stereocenters. The van der Waals surface area contributed by atoms with Crippen molar-refractivity contribution in [2.45, 2.75) is 58.3 Å². The van der Waals surface area contributed by atoms with Crippen molar-refractivity contribution in [3.05, 3.63) is 11.1 Å². The van der Waals surface area contributed by atoms with Gasteiger partial charge in [-0.1, -0.05) is 32.6 Å². The molecule has 0 bridgehead atoms. The first-order valence-corrected chi connectivity index (χ1v) is 9.09. The fourth-order valence-electron chi connectivity index (χ4n) is 2.67. The van der Waals surface area contributed by atoms with E-state index < -0.39 is 0 Å². The second-order valence-electron chi connectivity index (χ2n) is 5.85. The Labute approximate surface area is 135 Å². The minimum atomic E-state index is -0.00456. The van der Waals surface area contributed by atoms with Crippen LogP contribution in [0.4, 0.5) is 5.13 Å². The lowest BCUT2D eigenvalue weighted by Crippen LogP contribution is -2.26. The number of carbonyl (C=O) groups excluding carboxylic acids is 2. The minimum Gasteiger partial charge on any atom is -0.356 e. The fraction of sp³-hybridized carbons (Fsp3) is 0.688. The number of thiazole rings is 1. The molecule has 1 aliphatic carbocycles. The van der Waals surface area contributed by atoms with E-state index in [1.807, 2.05) is 5.38 Å². The topological polar surface area (TPSA) is 71.1 Å². The summed E-state index contributed by atoms with van der Waals surface area (Å²) >= 11 is 1.39. The maximum Gasteiger partial charge on any atom is 0.229 e. The average molecular weight is 323 g/mol. The van der Waals surface area contributed by atoms with Gasteiger partial charge in [0.1, 0.15) is 0 Å². The second-order valence-corrected chi connectivity index (χ2v) is 6.71. The number of carbonyl (C=O) groups is 2. The highest BCUT2D eigenvalue weighted by molar-refractivity contribution is 7.13. The number of hydrogen-bond acceptors (Lipinski definition) is 4. The third-order valence-corrected chi connectivity index (χ3v) is 4.76. The summed E-state index contributed by atoms with van der Waals surface area (Å²) in [7, 11) is 0. The lowest BCUT2D eigenvalue weighted by atomic mass is 10.1. The van der Waals surface area contributed by atoms with E-state index in [0.717, 1.165) is 57.2 Å². The Bertz CT molecular complexity index is 495. The minimum absolute atomic E-state index is 0.00456. The van der Waals surface area contributed by atoms with E-state index in [1.54, 1.807) is 0 Å². The van der Waals surface area contributed by atoms with E-state index in [9.17, 15) is 9.59 Å². The highest BCUT2D eigenvalue weighted by Gasteiger charge is 2.23. The predicted octanol–water partition coefficient (Wildman–Crippen LogP) is 3.12. The van der Waals surface area contributed by atoms with Crippen molar-refractivity contribution >= 4 is 28.3 Å². The smallest absolute Gasteiger partial charge is 0.229 e. The molecule has 1 saturated carbocycles. The van der Waals surface area contributed by atoms with Crippen LogP contribution in [-0.4, -0.2) is 23.3 Å². The highest BCUT2D eigenvalue weighted by Crippen LogP contribution is 2.26. The molecule has 0 radical (unpaired) electrons. The molecule has 0 spiro atoms. The van der Waals surface area contributed by atoms with E-state index in [1.165, 1.54) is 11.3 Å². The van der Waals surface area contributed by atoms with Crippen LogP contribution < -0.4 is 10.6 Å². The van der Waals surface area contributed by atoms with Gasteiger partial charge in [0.15, 0.2) is 5.13 Å². The zero-order valence-electron chi connectivity index (χ0n) is 13.2. The summed E-state index contributed by atoms with van der Waals surface area (Å²) in [5.41, 5.74) is 0.722. The SMILES string of the molecule is CCCCCNC(=O)Cc1csc(NC(=O)C2CCCC2)n1. The first-order chi connectivity index (χ1) is 10.7. The van der Waals surface area contributed by atoms with Crippen LogP contribution in [0.2, 0.25) is 0 Å². The Balaban J connectivity index is 1.73. The molecular formula is C16H25N3O2S. The van der Waals surface area contributed by atoms with Crippen LogP contribution in [0.5, 0.6) is 0 Å². The van der Waals surface area contributed by atoms with Crippen LogP contribution in [0, 0.1) is 5.92 Å². The van der Waals surface area contributed by atoms with E-state index in [4.69, 9.17) is 0 Å². The normalized spacial score (nSPS) is 15.0. The summed E-state index contributed by atoms with van der Waals surface area (Å²) in [5, 5.41) is 8.22. The van der Waals surface area contributed by atoms with Crippen LogP contribution in [0.1, 0.15) is 57.6 Å². The summed E-state index contributed by atoms with van der Waals surface area (Å²) in [6.45, 7) is 2.86. The first kappa shape index (κ1) is 16.9. The van der Waals surface area contributed by atoms with E-state index in [2.05, 4.69) is 22.5 Å². The van der Waals surface area contributed by atoms with Crippen LogP contribution in [0.25, 0.3) is 0 Å². The maximum atomic E-state index is 12.0. The molecule has 22 heavy (non-hydrogen) atoms. The number of aromatic nitrogens is 1. The van der Waals surface area contributed by atoms with Crippen molar-refractivity contribution in [2.75, 3.05) is 11.9 Å². The van der Waals surface area contributed by atoms with Gasteiger partial charge in [-0.05, 0) is 19.3 Å². The molecule has 0 aromatic carbocycles. The zero-order valence-corrected chi connectivity index (χ0v) is 14.0. The summed E-state index contributed by atoms with van der Waals surface area (Å²) in [4.78, 5) is 28.1. The van der Waals surface area contributed by atoms with Gasteiger partial charge in [-0.2, -0.15) is 0 Å². The Morgan fingerprint density at radius 1 is 1.32 bits per heavy atom. The Kier molecular flexibility index (Phi) is 6.83. The van der Waals surface area contributed by atoms with Crippen molar-refractivity contribution in [2.24, 2.45) is 5.92 Å². The molecule has 1 aliphatic rings. The van der Waals surface area contributed by atoms with E-state index in [-0.39, 0.29) is 24.2 Å². The number of nitrogens with one attached hydrogen (secondary N) is 2. The van der Waals surface area contributed by atoms with Gasteiger partial charge in [0, 0.05) is 17.8 Å². The van der Waals surface area contributed by atoms with Crippen molar-refractivity contribution in [3.63, 3.8) is 0 Å². The van der Waals surface area contributed by atoms with Gasteiger partial charge in [0.2, 0.25) is 11.8 Å². The quantitative estimate of drug-likeness (QED) is 0.722. The van der Waals surface area contributed by atoms with E-state index >= 15 is 0 Å². The highest BCUT2D eigenvalue weighted by atomic mass is 32.1. The lowest BCUT2D eigenvalue weighted by Gasteiger charge is -2.07. The zero-order chi connectivity index (χ0) is 15.8. The van der Waals surface area contributed by atoms with Gasteiger partial charge in [0.25, 0.3) is 0 Å². The number of rotatable bonds is 8. The van der Waals surface area contributed by atoms with Gasteiger partial charge in [-0.25, -0.2) is 4.98 Å². The van der Waals surface area contributed by atoms with Gasteiger partial charge in [-0.3, -0.25) is 9.59 Å². The number of unbranched alkanes of at least 4 members (excludes halogenated alkanes) is 2. The third kappa shape index (κ3) is 5.40. The van der Waals surface area contributed by atoms with Gasteiger partial charge in [0.05, 0.1) is 12.1 Å². The molecule has 2 N–H and O–H groups in total. The summed E-state index contributed by atoms with van der Waals surface area (Å²) in [6.07, 6.45) is 7.80. The second kappa shape index (κ2) is 8.88. The van der Waals surface area contributed by atoms with Gasteiger partial charge >= 0.3 is 0 Å². The third-order valence-electron chi connectivity index (χ3n) is 3.95. The molecule has 0 aliphatic heterocycles. The number of anilines is 1. The fourth-order valence-corrected chi connectivity index (χ4v) is 3.38. The summed E-state index contributed by atoms with van der Waals surface area (Å²) in [5.74, 6) is 0.201. The monoisotopic (exact) mass is 323 g/mol. The molecule has 122 valence electrons. The number of nitrogens with zero attached hydrogens (tertiary/aromatic N) is 1. The molecule has 1 heterocycles. The standard InChI is InChI=1S/C16H25N3O2S/c1-2-3-6-9-17-14(20)10-13-11-22-16(18-13)19-15(21)12-7-4-5-8-12/h11-12H,2-10H2,1H3,(H,17,20)(H,18,19,21). The van der Waals surface area contributed by atoms with Crippen LogP contribution in [0.15, 0.2) is 5.38 Å². The Hall–Kier alpha value is -1.43. The predicted molar refractivity (Wildman–Crippen MR) is 88.9 cm³/mol. The van der Waals surface area contributed by atoms with Crippen molar-refractivity contribution in [1.82, 2.24) is 10.3 Å². The summed E-state index contributed by atoms with van der Waals surface area (Å²) in [6, 6.07) is 0. The molecule has 2 rings (SSSR count). The van der Waals surface area contributed by atoms with Crippen molar-refractivity contribution in [1.29, 1.82) is 0 Å². The van der Waals surface area contributed by atoms with Crippen LogP contribution in [0.3, 0.4) is 0 Å². The van der Waals surface area contributed by atoms with Crippen molar-refractivity contribution in [3.8, 4) is 0 Å². The molecule has 6 heteroatoms. The van der Waals surface area contributed by atoms with Gasteiger partial charge in [-0.15, -0.1) is 11.3 Å². The first-order valence-electron chi connectivity index (χ1n) is 8.21. The van der Waals surface area contributed by atoms with Crippen molar-refractivity contribution < 1.29 is 9.59 Å².